The number of benzene rings is 1. The molecule has 3 aromatic rings. The number of aromatic nitrogens is 2. The summed E-state index contributed by atoms with van der Waals surface area (Å²) in [7, 11) is 1.63. The maximum atomic E-state index is 12.2. The SMILES string of the molecule is COc1ccc(Nc2nnc(S[C@@H](C)C(=O)NCc3ccco3)s2)cc1. The van der Waals surface area contributed by atoms with Gasteiger partial charge in [-0.25, -0.2) is 0 Å². The number of hydrogen-bond donors (Lipinski definition) is 2. The first kappa shape index (κ1) is 18.3. The van der Waals surface area contributed by atoms with Crippen molar-refractivity contribution in [2.45, 2.75) is 23.1 Å². The molecule has 0 saturated carbocycles. The summed E-state index contributed by atoms with van der Waals surface area (Å²) in [4.78, 5) is 12.2. The summed E-state index contributed by atoms with van der Waals surface area (Å²) in [6.45, 7) is 2.21. The van der Waals surface area contributed by atoms with Crippen molar-refractivity contribution < 1.29 is 13.9 Å². The van der Waals surface area contributed by atoms with Crippen LogP contribution in [-0.4, -0.2) is 28.5 Å². The molecular weight excluding hydrogens is 372 g/mol. The number of furan rings is 1. The highest BCUT2D eigenvalue weighted by molar-refractivity contribution is 8.02. The predicted molar refractivity (Wildman–Crippen MR) is 102 cm³/mol. The zero-order valence-electron chi connectivity index (χ0n) is 14.3. The van der Waals surface area contributed by atoms with E-state index >= 15 is 0 Å². The lowest BCUT2D eigenvalue weighted by Crippen LogP contribution is -2.30. The normalized spacial score (nSPS) is 11.8. The summed E-state index contributed by atoms with van der Waals surface area (Å²) in [6, 6.07) is 11.1. The average molecular weight is 390 g/mol. The topological polar surface area (TPSA) is 89.3 Å². The highest BCUT2D eigenvalue weighted by atomic mass is 32.2. The van der Waals surface area contributed by atoms with Gasteiger partial charge in [-0.1, -0.05) is 23.1 Å². The standard InChI is InChI=1S/C17H18N4O3S2/c1-11(15(22)18-10-14-4-3-9-24-14)25-17-21-20-16(26-17)19-12-5-7-13(23-2)8-6-12/h3-9,11H,10H2,1-2H3,(H,18,22)(H,19,20)/t11-/m0/s1. The van der Waals surface area contributed by atoms with Gasteiger partial charge in [0.15, 0.2) is 4.34 Å². The van der Waals surface area contributed by atoms with Gasteiger partial charge in [-0.15, -0.1) is 10.2 Å². The number of carbonyl (C=O) groups excluding carboxylic acids is 1. The molecular formula is C17H18N4O3S2. The van der Waals surface area contributed by atoms with Crippen LogP contribution in [0, 0.1) is 0 Å². The van der Waals surface area contributed by atoms with Crippen LogP contribution in [-0.2, 0) is 11.3 Å². The smallest absolute Gasteiger partial charge is 0.233 e. The molecule has 7 nitrogen and oxygen atoms in total. The number of anilines is 2. The Hall–Kier alpha value is -2.52. The molecule has 0 saturated heterocycles. The van der Waals surface area contributed by atoms with E-state index in [1.165, 1.54) is 23.1 Å². The van der Waals surface area contributed by atoms with E-state index in [1.807, 2.05) is 37.3 Å². The molecule has 0 unspecified atom stereocenters. The van der Waals surface area contributed by atoms with Crippen LogP contribution in [0.2, 0.25) is 0 Å². The van der Waals surface area contributed by atoms with Crippen LogP contribution in [0.15, 0.2) is 51.4 Å². The molecule has 2 heterocycles. The molecule has 9 heteroatoms. The third-order valence-corrected chi connectivity index (χ3v) is 5.43. The molecule has 0 spiro atoms. The summed E-state index contributed by atoms with van der Waals surface area (Å²) < 4.78 is 11.1. The zero-order chi connectivity index (χ0) is 18.4. The van der Waals surface area contributed by atoms with E-state index in [-0.39, 0.29) is 11.2 Å². The number of hydrogen-bond acceptors (Lipinski definition) is 8. The van der Waals surface area contributed by atoms with E-state index in [0.29, 0.717) is 11.7 Å². The van der Waals surface area contributed by atoms with Gasteiger partial charge in [0.2, 0.25) is 11.0 Å². The number of carbonyl (C=O) groups is 1. The highest BCUT2D eigenvalue weighted by Gasteiger charge is 2.17. The Balaban J connectivity index is 1.51. The average Bonchev–Trinajstić information content (AvgIpc) is 3.32. The molecule has 0 aliphatic rings. The fourth-order valence-corrected chi connectivity index (χ4v) is 3.98. The van der Waals surface area contributed by atoms with Crippen molar-refractivity contribution in [2.24, 2.45) is 0 Å². The van der Waals surface area contributed by atoms with Gasteiger partial charge in [-0.2, -0.15) is 0 Å². The maximum absolute atomic E-state index is 12.2. The van der Waals surface area contributed by atoms with Crippen molar-refractivity contribution in [3.63, 3.8) is 0 Å². The Kier molecular flexibility index (Phi) is 6.13. The predicted octanol–water partition coefficient (Wildman–Crippen LogP) is 3.68. The Bertz CT molecular complexity index is 834. The van der Waals surface area contributed by atoms with Crippen molar-refractivity contribution in [2.75, 3.05) is 12.4 Å². The van der Waals surface area contributed by atoms with Crippen molar-refractivity contribution >= 4 is 39.8 Å². The van der Waals surface area contributed by atoms with Gasteiger partial charge < -0.3 is 19.8 Å². The van der Waals surface area contributed by atoms with Gasteiger partial charge in [0, 0.05) is 5.69 Å². The molecule has 2 N–H and O–H groups in total. The fourth-order valence-electron chi connectivity index (χ4n) is 2.04. The Morgan fingerprint density at radius 1 is 1.31 bits per heavy atom. The van der Waals surface area contributed by atoms with Crippen LogP contribution < -0.4 is 15.4 Å². The minimum atomic E-state index is -0.285. The Morgan fingerprint density at radius 2 is 2.12 bits per heavy atom. The first-order chi connectivity index (χ1) is 12.6. The summed E-state index contributed by atoms with van der Waals surface area (Å²) in [5.41, 5.74) is 0.891. The molecule has 136 valence electrons. The van der Waals surface area contributed by atoms with E-state index in [2.05, 4.69) is 20.8 Å². The second kappa shape index (κ2) is 8.72. The van der Waals surface area contributed by atoms with Gasteiger partial charge in [0.1, 0.15) is 11.5 Å². The number of nitrogens with one attached hydrogen (secondary N) is 2. The van der Waals surface area contributed by atoms with E-state index < -0.39 is 0 Å². The minimum absolute atomic E-state index is 0.0775. The maximum Gasteiger partial charge on any atom is 0.233 e. The zero-order valence-corrected chi connectivity index (χ0v) is 15.9. The highest BCUT2D eigenvalue weighted by Crippen LogP contribution is 2.30. The number of thioether (sulfide) groups is 1. The summed E-state index contributed by atoms with van der Waals surface area (Å²) in [5, 5.41) is 14.6. The van der Waals surface area contributed by atoms with Crippen LogP contribution in [0.5, 0.6) is 5.75 Å². The quantitative estimate of drug-likeness (QED) is 0.567. The fraction of sp³-hybridized carbons (Fsp3) is 0.235. The van der Waals surface area contributed by atoms with Crippen LogP contribution in [0.1, 0.15) is 12.7 Å². The molecule has 3 rings (SSSR count). The molecule has 1 aromatic carbocycles. The van der Waals surface area contributed by atoms with Crippen molar-refractivity contribution in [1.29, 1.82) is 0 Å². The first-order valence-corrected chi connectivity index (χ1v) is 9.55. The van der Waals surface area contributed by atoms with Gasteiger partial charge >= 0.3 is 0 Å². The molecule has 26 heavy (non-hydrogen) atoms. The molecule has 1 atom stereocenters. The van der Waals surface area contributed by atoms with Gasteiger partial charge in [0.05, 0.1) is 25.2 Å². The molecule has 0 aliphatic heterocycles. The molecule has 0 fully saturated rings. The Labute approximate surface area is 159 Å². The van der Waals surface area contributed by atoms with E-state index in [0.717, 1.165) is 21.5 Å². The molecule has 0 bridgehead atoms. The summed E-state index contributed by atoms with van der Waals surface area (Å²) in [5.74, 6) is 1.43. The monoisotopic (exact) mass is 390 g/mol. The largest absolute Gasteiger partial charge is 0.497 e. The van der Waals surface area contributed by atoms with Crippen LogP contribution in [0.3, 0.4) is 0 Å². The van der Waals surface area contributed by atoms with E-state index in [1.54, 1.807) is 19.4 Å². The van der Waals surface area contributed by atoms with E-state index in [4.69, 9.17) is 9.15 Å². The lowest BCUT2D eigenvalue weighted by molar-refractivity contribution is -0.120. The van der Waals surface area contributed by atoms with Crippen molar-refractivity contribution in [3.8, 4) is 5.75 Å². The third-order valence-electron chi connectivity index (χ3n) is 3.41. The summed E-state index contributed by atoms with van der Waals surface area (Å²) in [6.07, 6.45) is 1.58. The van der Waals surface area contributed by atoms with Crippen LogP contribution >= 0.6 is 23.1 Å². The number of methoxy groups -OCH3 is 1. The number of ether oxygens (including phenoxy) is 1. The second-order valence-corrected chi connectivity index (χ2v) is 7.85. The summed E-state index contributed by atoms with van der Waals surface area (Å²) >= 11 is 2.77. The van der Waals surface area contributed by atoms with Gasteiger partial charge in [-0.05, 0) is 43.3 Å². The second-order valence-electron chi connectivity index (χ2n) is 5.28. The number of amides is 1. The van der Waals surface area contributed by atoms with E-state index in [9.17, 15) is 4.79 Å². The lowest BCUT2D eigenvalue weighted by atomic mass is 10.3. The number of rotatable bonds is 8. The van der Waals surface area contributed by atoms with Crippen LogP contribution in [0.4, 0.5) is 10.8 Å². The van der Waals surface area contributed by atoms with Gasteiger partial charge in [-0.3, -0.25) is 4.79 Å². The molecule has 0 radical (unpaired) electrons. The minimum Gasteiger partial charge on any atom is -0.497 e. The van der Waals surface area contributed by atoms with Gasteiger partial charge in [0.25, 0.3) is 0 Å². The van der Waals surface area contributed by atoms with Crippen LogP contribution in [0.25, 0.3) is 0 Å². The molecule has 2 aromatic heterocycles. The first-order valence-electron chi connectivity index (χ1n) is 7.85. The van der Waals surface area contributed by atoms with Crippen molar-refractivity contribution in [1.82, 2.24) is 15.5 Å². The third kappa shape index (κ3) is 4.99. The van der Waals surface area contributed by atoms with Crippen molar-refractivity contribution in [3.05, 3.63) is 48.4 Å². The number of nitrogens with zero attached hydrogens (tertiary/aromatic N) is 2. The lowest BCUT2D eigenvalue weighted by Gasteiger charge is -2.08. The Morgan fingerprint density at radius 3 is 2.81 bits per heavy atom. The molecule has 1 amide bonds. The molecule has 0 aliphatic carbocycles.